The Morgan fingerprint density at radius 1 is 1.21 bits per heavy atom. The van der Waals surface area contributed by atoms with Gasteiger partial charge < -0.3 is 9.32 Å². The fraction of sp³-hybridized carbons (Fsp3) is 0.385. The topological polar surface area (TPSA) is 42.2 Å². The summed E-state index contributed by atoms with van der Waals surface area (Å²) in [4.78, 5) is 2.21. The standard InChI is InChI=1S/C13H17N3OS2/c1-16(11-6-4-3-5-7-11)8-9-19-13-15-14-12(17-13)10-18-2/h3-7H,8-10H2,1-2H3. The van der Waals surface area contributed by atoms with Crippen molar-refractivity contribution in [2.45, 2.75) is 11.0 Å². The molecule has 2 rings (SSSR count). The molecule has 0 saturated heterocycles. The monoisotopic (exact) mass is 295 g/mol. The number of hydrogen-bond acceptors (Lipinski definition) is 6. The van der Waals surface area contributed by atoms with E-state index in [4.69, 9.17) is 4.42 Å². The van der Waals surface area contributed by atoms with Crippen molar-refractivity contribution in [2.75, 3.05) is 30.5 Å². The summed E-state index contributed by atoms with van der Waals surface area (Å²) in [6.45, 7) is 0.939. The molecule has 0 atom stereocenters. The zero-order valence-corrected chi connectivity index (χ0v) is 12.7. The summed E-state index contributed by atoms with van der Waals surface area (Å²) in [6.07, 6.45) is 2.02. The minimum Gasteiger partial charge on any atom is -0.415 e. The van der Waals surface area contributed by atoms with E-state index in [0.717, 1.165) is 18.1 Å². The van der Waals surface area contributed by atoms with Crippen molar-refractivity contribution in [3.63, 3.8) is 0 Å². The minimum atomic E-state index is 0.658. The molecular formula is C13H17N3OS2. The molecular weight excluding hydrogens is 278 g/mol. The Labute approximate surface area is 122 Å². The van der Waals surface area contributed by atoms with Gasteiger partial charge in [-0.2, -0.15) is 11.8 Å². The molecule has 0 spiro atoms. The van der Waals surface area contributed by atoms with E-state index in [1.165, 1.54) is 5.69 Å². The zero-order chi connectivity index (χ0) is 13.5. The first kappa shape index (κ1) is 14.3. The summed E-state index contributed by atoms with van der Waals surface area (Å²) >= 11 is 3.28. The molecule has 4 nitrogen and oxygen atoms in total. The lowest BCUT2D eigenvalue weighted by molar-refractivity contribution is 0.426. The van der Waals surface area contributed by atoms with Gasteiger partial charge in [0.2, 0.25) is 5.89 Å². The minimum absolute atomic E-state index is 0.658. The molecule has 2 aromatic rings. The highest BCUT2D eigenvalue weighted by molar-refractivity contribution is 7.99. The van der Waals surface area contributed by atoms with Crippen LogP contribution in [0.5, 0.6) is 0 Å². The second kappa shape index (κ2) is 7.45. The van der Waals surface area contributed by atoms with E-state index in [1.54, 1.807) is 23.5 Å². The molecule has 102 valence electrons. The van der Waals surface area contributed by atoms with Gasteiger partial charge in [-0.1, -0.05) is 30.0 Å². The Kier molecular flexibility index (Phi) is 5.60. The Morgan fingerprint density at radius 2 is 2.00 bits per heavy atom. The van der Waals surface area contributed by atoms with E-state index in [0.29, 0.717) is 11.1 Å². The second-order valence-corrected chi connectivity index (χ2v) is 5.91. The fourth-order valence-corrected chi connectivity index (χ4v) is 2.72. The number of nitrogens with zero attached hydrogens (tertiary/aromatic N) is 3. The molecule has 6 heteroatoms. The zero-order valence-electron chi connectivity index (χ0n) is 11.1. The SMILES string of the molecule is CSCc1nnc(SCCN(C)c2ccccc2)o1. The quantitative estimate of drug-likeness (QED) is 0.731. The van der Waals surface area contributed by atoms with Crippen LogP contribution >= 0.6 is 23.5 Å². The molecule has 1 heterocycles. The number of thioether (sulfide) groups is 2. The number of anilines is 1. The lowest BCUT2D eigenvalue weighted by Crippen LogP contribution is -2.19. The molecule has 0 bridgehead atoms. The molecule has 0 aliphatic heterocycles. The first-order chi connectivity index (χ1) is 9.29. The van der Waals surface area contributed by atoms with E-state index in [-0.39, 0.29) is 0 Å². The van der Waals surface area contributed by atoms with Crippen molar-refractivity contribution >= 4 is 29.2 Å². The number of hydrogen-bond donors (Lipinski definition) is 0. The molecule has 19 heavy (non-hydrogen) atoms. The van der Waals surface area contributed by atoms with Gasteiger partial charge in [0.05, 0.1) is 5.75 Å². The maximum atomic E-state index is 5.51. The van der Waals surface area contributed by atoms with Gasteiger partial charge in [0, 0.05) is 25.0 Å². The lowest BCUT2D eigenvalue weighted by Gasteiger charge is -2.18. The highest BCUT2D eigenvalue weighted by Gasteiger charge is 2.06. The summed E-state index contributed by atoms with van der Waals surface area (Å²) in [6, 6.07) is 10.3. The van der Waals surface area contributed by atoms with Gasteiger partial charge >= 0.3 is 0 Å². The molecule has 0 aliphatic carbocycles. The maximum Gasteiger partial charge on any atom is 0.276 e. The van der Waals surface area contributed by atoms with Gasteiger partial charge in [-0.3, -0.25) is 0 Å². The van der Waals surface area contributed by atoms with Crippen LogP contribution in [0.25, 0.3) is 0 Å². The van der Waals surface area contributed by atoms with Crippen LogP contribution in [-0.4, -0.2) is 35.8 Å². The Bertz CT molecular complexity index is 490. The van der Waals surface area contributed by atoms with Crippen LogP contribution in [0.1, 0.15) is 5.89 Å². The third-order valence-corrected chi connectivity index (χ3v) is 3.90. The number of aromatic nitrogens is 2. The predicted molar refractivity (Wildman–Crippen MR) is 82.0 cm³/mol. The fourth-order valence-electron chi connectivity index (χ4n) is 1.56. The van der Waals surface area contributed by atoms with Gasteiger partial charge in [-0.15, -0.1) is 10.2 Å². The summed E-state index contributed by atoms with van der Waals surface area (Å²) in [7, 11) is 2.09. The van der Waals surface area contributed by atoms with E-state index in [2.05, 4.69) is 34.3 Å². The van der Waals surface area contributed by atoms with Crippen molar-refractivity contribution in [1.82, 2.24) is 10.2 Å². The first-order valence-corrected chi connectivity index (χ1v) is 8.38. The molecule has 1 aromatic heterocycles. The lowest BCUT2D eigenvalue weighted by atomic mass is 10.3. The van der Waals surface area contributed by atoms with Crippen LogP contribution in [-0.2, 0) is 5.75 Å². The Hall–Kier alpha value is -1.14. The first-order valence-electron chi connectivity index (χ1n) is 6.00. The third-order valence-electron chi connectivity index (χ3n) is 2.57. The number of para-hydroxylation sites is 1. The van der Waals surface area contributed by atoms with Crippen LogP contribution < -0.4 is 4.90 Å². The number of benzene rings is 1. The molecule has 0 fully saturated rings. The Balaban J connectivity index is 1.76. The largest absolute Gasteiger partial charge is 0.415 e. The smallest absolute Gasteiger partial charge is 0.276 e. The molecule has 0 unspecified atom stereocenters. The van der Waals surface area contributed by atoms with Crippen molar-refractivity contribution in [2.24, 2.45) is 0 Å². The summed E-state index contributed by atoms with van der Waals surface area (Å²) in [5.74, 6) is 2.40. The highest BCUT2D eigenvalue weighted by Crippen LogP contribution is 2.19. The van der Waals surface area contributed by atoms with Crippen LogP contribution in [0.2, 0.25) is 0 Å². The summed E-state index contributed by atoms with van der Waals surface area (Å²) in [5.41, 5.74) is 1.22. The van der Waals surface area contributed by atoms with Crippen LogP contribution in [0.15, 0.2) is 40.0 Å². The van der Waals surface area contributed by atoms with Gasteiger partial charge in [0.25, 0.3) is 5.22 Å². The average molecular weight is 295 g/mol. The van der Waals surface area contributed by atoms with Gasteiger partial charge in [-0.25, -0.2) is 0 Å². The van der Waals surface area contributed by atoms with E-state index in [1.807, 2.05) is 24.5 Å². The second-order valence-electron chi connectivity index (χ2n) is 4.00. The molecule has 0 amide bonds. The average Bonchev–Trinajstić information content (AvgIpc) is 2.88. The summed E-state index contributed by atoms with van der Waals surface area (Å²) < 4.78 is 5.51. The number of rotatable bonds is 7. The van der Waals surface area contributed by atoms with Crippen molar-refractivity contribution in [1.29, 1.82) is 0 Å². The van der Waals surface area contributed by atoms with Crippen LogP contribution in [0.3, 0.4) is 0 Å². The van der Waals surface area contributed by atoms with Crippen molar-refractivity contribution in [3.05, 3.63) is 36.2 Å². The normalized spacial score (nSPS) is 10.6. The van der Waals surface area contributed by atoms with E-state index >= 15 is 0 Å². The van der Waals surface area contributed by atoms with Gasteiger partial charge in [-0.05, 0) is 18.4 Å². The molecule has 0 saturated carbocycles. The highest BCUT2D eigenvalue weighted by atomic mass is 32.2. The predicted octanol–water partition coefficient (Wildman–Crippen LogP) is 3.16. The maximum absolute atomic E-state index is 5.51. The van der Waals surface area contributed by atoms with E-state index < -0.39 is 0 Å². The molecule has 1 aromatic carbocycles. The van der Waals surface area contributed by atoms with Crippen LogP contribution in [0, 0.1) is 0 Å². The Morgan fingerprint density at radius 3 is 2.74 bits per heavy atom. The van der Waals surface area contributed by atoms with Crippen molar-refractivity contribution < 1.29 is 4.42 Å². The molecule has 0 N–H and O–H groups in total. The molecule has 0 aliphatic rings. The van der Waals surface area contributed by atoms with Crippen molar-refractivity contribution in [3.8, 4) is 0 Å². The van der Waals surface area contributed by atoms with Gasteiger partial charge in [0.1, 0.15) is 0 Å². The third kappa shape index (κ3) is 4.47. The molecule has 0 radical (unpaired) electrons. The summed E-state index contributed by atoms with van der Waals surface area (Å²) in [5, 5.41) is 8.67. The van der Waals surface area contributed by atoms with Gasteiger partial charge in [0.15, 0.2) is 0 Å². The van der Waals surface area contributed by atoms with Crippen LogP contribution in [0.4, 0.5) is 5.69 Å². The van der Waals surface area contributed by atoms with E-state index in [9.17, 15) is 0 Å².